The van der Waals surface area contributed by atoms with Crippen LogP contribution in [0.25, 0.3) is 0 Å². The van der Waals surface area contributed by atoms with Crippen molar-refractivity contribution < 1.29 is 9.59 Å². The molecule has 1 aliphatic carbocycles. The number of piperidine rings is 1. The van der Waals surface area contributed by atoms with E-state index in [1.807, 2.05) is 43.0 Å². The van der Waals surface area contributed by atoms with Gasteiger partial charge in [-0.15, -0.1) is 11.8 Å². The van der Waals surface area contributed by atoms with Gasteiger partial charge in [0.25, 0.3) is 5.91 Å². The van der Waals surface area contributed by atoms with Crippen LogP contribution in [-0.4, -0.2) is 51.9 Å². The van der Waals surface area contributed by atoms with Crippen molar-refractivity contribution in [1.29, 1.82) is 0 Å². The number of carbonyl (C=O) groups is 2. The zero-order chi connectivity index (χ0) is 18.1. The van der Waals surface area contributed by atoms with Crippen LogP contribution in [0.1, 0.15) is 54.4 Å². The van der Waals surface area contributed by atoms with Gasteiger partial charge in [-0.05, 0) is 44.7 Å². The summed E-state index contributed by atoms with van der Waals surface area (Å²) in [4.78, 5) is 29.9. The molecule has 1 spiro atoms. The summed E-state index contributed by atoms with van der Waals surface area (Å²) in [6.45, 7) is 4.42. The van der Waals surface area contributed by atoms with Gasteiger partial charge >= 0.3 is 0 Å². The van der Waals surface area contributed by atoms with Gasteiger partial charge in [0, 0.05) is 36.9 Å². The molecular formula is C21H28N2O2S. The van der Waals surface area contributed by atoms with Crippen LogP contribution in [0.3, 0.4) is 0 Å². The van der Waals surface area contributed by atoms with Crippen molar-refractivity contribution in [3.63, 3.8) is 0 Å². The molecule has 2 aliphatic heterocycles. The van der Waals surface area contributed by atoms with E-state index in [9.17, 15) is 9.59 Å². The molecule has 2 heterocycles. The van der Waals surface area contributed by atoms with Gasteiger partial charge in [-0.2, -0.15) is 0 Å². The lowest BCUT2D eigenvalue weighted by Gasteiger charge is -2.44. The van der Waals surface area contributed by atoms with Crippen molar-refractivity contribution in [2.24, 2.45) is 5.92 Å². The second kappa shape index (κ2) is 7.26. The number of rotatable bonds is 2. The molecule has 0 atom stereocenters. The number of carbonyl (C=O) groups excluding carboxylic acids is 2. The standard InChI is InChI=1S/C21H28N2O2S/c1-16-5-4-8-18(15-16)20(25)23-13-14-26-21(23)9-11-22(12-10-21)19(24)17-6-2-3-7-17/h4-5,8,15,17H,2-3,6-7,9-14H2,1H3. The number of aryl methyl sites for hydroxylation is 1. The van der Waals surface area contributed by atoms with Gasteiger partial charge < -0.3 is 9.80 Å². The first-order valence-corrected chi connectivity index (χ1v) is 10.9. The SMILES string of the molecule is Cc1cccc(C(=O)N2CCSC23CCN(C(=O)C2CCCC2)CC3)c1. The molecule has 0 radical (unpaired) electrons. The van der Waals surface area contributed by atoms with E-state index in [4.69, 9.17) is 0 Å². The summed E-state index contributed by atoms with van der Waals surface area (Å²) in [5.74, 6) is 1.75. The molecule has 2 saturated heterocycles. The lowest BCUT2D eigenvalue weighted by atomic mass is 9.98. The highest BCUT2D eigenvalue weighted by atomic mass is 32.2. The molecule has 0 N–H and O–H groups in total. The Morgan fingerprint density at radius 1 is 1.12 bits per heavy atom. The number of thioether (sulfide) groups is 1. The predicted molar refractivity (Wildman–Crippen MR) is 105 cm³/mol. The van der Waals surface area contributed by atoms with Crippen molar-refractivity contribution in [3.05, 3.63) is 35.4 Å². The third kappa shape index (κ3) is 3.26. The Hall–Kier alpha value is -1.49. The Kier molecular flexibility index (Phi) is 5.00. The summed E-state index contributed by atoms with van der Waals surface area (Å²) in [7, 11) is 0. The van der Waals surface area contributed by atoms with Crippen LogP contribution in [0.2, 0.25) is 0 Å². The highest BCUT2D eigenvalue weighted by Crippen LogP contribution is 2.45. The Balaban J connectivity index is 1.45. The van der Waals surface area contributed by atoms with Crippen molar-refractivity contribution in [3.8, 4) is 0 Å². The van der Waals surface area contributed by atoms with E-state index in [2.05, 4.69) is 9.80 Å². The molecule has 3 fully saturated rings. The van der Waals surface area contributed by atoms with Gasteiger partial charge in [-0.3, -0.25) is 9.59 Å². The molecule has 4 nitrogen and oxygen atoms in total. The molecule has 5 heteroatoms. The minimum atomic E-state index is -0.118. The number of benzene rings is 1. The van der Waals surface area contributed by atoms with Crippen LogP contribution in [0.15, 0.2) is 24.3 Å². The highest BCUT2D eigenvalue weighted by molar-refractivity contribution is 8.00. The number of hydrogen-bond acceptors (Lipinski definition) is 3. The van der Waals surface area contributed by atoms with Gasteiger partial charge in [-0.1, -0.05) is 30.5 Å². The van der Waals surface area contributed by atoms with Crippen LogP contribution < -0.4 is 0 Å². The Morgan fingerprint density at radius 3 is 2.54 bits per heavy atom. The normalized spacial score (nSPS) is 23.0. The second-order valence-corrected chi connectivity index (χ2v) is 9.38. The fourth-order valence-electron chi connectivity index (χ4n) is 4.75. The van der Waals surface area contributed by atoms with Crippen molar-refractivity contribution in [2.75, 3.05) is 25.4 Å². The van der Waals surface area contributed by atoms with Crippen LogP contribution in [0, 0.1) is 12.8 Å². The van der Waals surface area contributed by atoms with E-state index in [0.717, 1.165) is 62.2 Å². The van der Waals surface area contributed by atoms with Gasteiger partial charge in [0.05, 0.1) is 4.87 Å². The average molecular weight is 373 g/mol. The van der Waals surface area contributed by atoms with Crippen molar-refractivity contribution >= 4 is 23.6 Å². The molecule has 2 amide bonds. The van der Waals surface area contributed by atoms with Crippen molar-refractivity contribution in [2.45, 2.75) is 50.3 Å². The van der Waals surface area contributed by atoms with E-state index in [1.54, 1.807) is 0 Å². The third-order valence-electron chi connectivity index (χ3n) is 6.25. The second-order valence-electron chi connectivity index (χ2n) is 7.93. The number of nitrogens with zero attached hydrogens (tertiary/aromatic N) is 2. The zero-order valence-corrected chi connectivity index (χ0v) is 16.4. The third-order valence-corrected chi connectivity index (χ3v) is 7.80. The molecule has 0 bridgehead atoms. The zero-order valence-electron chi connectivity index (χ0n) is 15.6. The maximum absolute atomic E-state index is 13.1. The minimum Gasteiger partial charge on any atom is -0.342 e. The van der Waals surface area contributed by atoms with Crippen LogP contribution >= 0.6 is 11.8 Å². The van der Waals surface area contributed by atoms with Gasteiger partial charge in [0.15, 0.2) is 0 Å². The summed E-state index contributed by atoms with van der Waals surface area (Å²) < 4.78 is 0. The molecule has 0 aromatic heterocycles. The Labute approximate surface area is 160 Å². The Bertz CT molecular complexity index is 691. The van der Waals surface area contributed by atoms with E-state index >= 15 is 0 Å². The van der Waals surface area contributed by atoms with E-state index in [-0.39, 0.29) is 16.7 Å². The molecular weight excluding hydrogens is 344 g/mol. The summed E-state index contributed by atoms with van der Waals surface area (Å²) in [5.41, 5.74) is 1.91. The van der Waals surface area contributed by atoms with Crippen LogP contribution in [-0.2, 0) is 4.79 Å². The number of hydrogen-bond donors (Lipinski definition) is 0. The smallest absolute Gasteiger partial charge is 0.255 e. The molecule has 1 aromatic rings. The maximum atomic E-state index is 13.1. The van der Waals surface area contributed by atoms with Crippen LogP contribution in [0.4, 0.5) is 0 Å². The lowest BCUT2D eigenvalue weighted by Crippen LogP contribution is -2.54. The summed E-state index contributed by atoms with van der Waals surface area (Å²) >= 11 is 1.91. The van der Waals surface area contributed by atoms with Gasteiger partial charge in [0.1, 0.15) is 0 Å². The summed E-state index contributed by atoms with van der Waals surface area (Å²) in [5, 5.41) is 0. The molecule has 140 valence electrons. The summed E-state index contributed by atoms with van der Waals surface area (Å²) in [6, 6.07) is 7.89. The topological polar surface area (TPSA) is 40.6 Å². The van der Waals surface area contributed by atoms with E-state index < -0.39 is 0 Å². The lowest BCUT2D eigenvalue weighted by molar-refractivity contribution is -0.137. The number of amides is 2. The highest BCUT2D eigenvalue weighted by Gasteiger charge is 2.47. The first kappa shape index (κ1) is 17.9. The van der Waals surface area contributed by atoms with Gasteiger partial charge in [-0.25, -0.2) is 0 Å². The van der Waals surface area contributed by atoms with Crippen molar-refractivity contribution in [1.82, 2.24) is 9.80 Å². The monoisotopic (exact) mass is 372 g/mol. The van der Waals surface area contributed by atoms with E-state index in [0.29, 0.717) is 5.91 Å². The first-order valence-electron chi connectivity index (χ1n) is 9.90. The quantitative estimate of drug-likeness (QED) is 0.795. The minimum absolute atomic E-state index is 0.118. The molecule has 3 aliphatic rings. The molecule has 1 aromatic carbocycles. The summed E-state index contributed by atoms with van der Waals surface area (Å²) in [6.07, 6.45) is 6.31. The largest absolute Gasteiger partial charge is 0.342 e. The molecule has 26 heavy (non-hydrogen) atoms. The number of likely N-dealkylation sites (tertiary alicyclic amines) is 1. The first-order chi connectivity index (χ1) is 12.6. The molecule has 0 unspecified atom stereocenters. The molecule has 4 rings (SSSR count). The maximum Gasteiger partial charge on any atom is 0.255 e. The van der Waals surface area contributed by atoms with Crippen LogP contribution in [0.5, 0.6) is 0 Å². The van der Waals surface area contributed by atoms with E-state index in [1.165, 1.54) is 12.8 Å². The molecule has 1 saturated carbocycles. The fourth-order valence-corrected chi connectivity index (χ4v) is 6.21. The predicted octanol–water partition coefficient (Wildman–Crippen LogP) is 3.69. The fraction of sp³-hybridized carbons (Fsp3) is 0.619. The Morgan fingerprint density at radius 2 is 1.85 bits per heavy atom. The average Bonchev–Trinajstić information content (AvgIpc) is 3.32. The van der Waals surface area contributed by atoms with Gasteiger partial charge in [0.2, 0.25) is 5.91 Å².